The fourth-order valence-electron chi connectivity index (χ4n) is 2.55. The SMILES string of the molecule is O=C(CC1CCSCC1)NCC1CCC(C(=O)O)O1. The van der Waals surface area contributed by atoms with Crippen LogP contribution in [-0.2, 0) is 14.3 Å². The van der Waals surface area contributed by atoms with E-state index in [1.165, 1.54) is 0 Å². The zero-order valence-corrected chi connectivity index (χ0v) is 11.8. The highest BCUT2D eigenvalue weighted by Crippen LogP contribution is 2.25. The predicted octanol–water partition coefficient (Wildman–Crippen LogP) is 1.27. The number of ether oxygens (including phenoxy) is 1. The van der Waals surface area contributed by atoms with Gasteiger partial charge >= 0.3 is 5.97 Å². The van der Waals surface area contributed by atoms with Gasteiger partial charge in [0, 0.05) is 13.0 Å². The summed E-state index contributed by atoms with van der Waals surface area (Å²) in [6, 6.07) is 0. The number of rotatable bonds is 5. The first-order chi connectivity index (χ1) is 9.15. The van der Waals surface area contributed by atoms with Crippen molar-refractivity contribution < 1.29 is 19.4 Å². The summed E-state index contributed by atoms with van der Waals surface area (Å²) in [6.07, 6.45) is 3.24. The monoisotopic (exact) mass is 287 g/mol. The molecule has 2 fully saturated rings. The van der Waals surface area contributed by atoms with E-state index in [9.17, 15) is 9.59 Å². The molecule has 2 saturated heterocycles. The smallest absolute Gasteiger partial charge is 0.332 e. The Kier molecular flexibility index (Phi) is 5.51. The summed E-state index contributed by atoms with van der Waals surface area (Å²) in [7, 11) is 0. The van der Waals surface area contributed by atoms with Crippen LogP contribution in [0.5, 0.6) is 0 Å². The third-order valence-corrected chi connectivity index (χ3v) is 4.77. The maximum atomic E-state index is 11.8. The molecule has 0 spiro atoms. The van der Waals surface area contributed by atoms with Gasteiger partial charge in [0.15, 0.2) is 6.10 Å². The molecule has 2 atom stereocenters. The van der Waals surface area contributed by atoms with Crippen LogP contribution in [0.4, 0.5) is 0 Å². The molecule has 0 radical (unpaired) electrons. The Labute approximate surface area is 117 Å². The minimum Gasteiger partial charge on any atom is -0.479 e. The molecule has 108 valence electrons. The zero-order chi connectivity index (χ0) is 13.7. The first-order valence-corrected chi connectivity index (χ1v) is 8.03. The van der Waals surface area contributed by atoms with Crippen molar-refractivity contribution in [2.45, 2.75) is 44.3 Å². The molecule has 2 aliphatic rings. The summed E-state index contributed by atoms with van der Waals surface area (Å²) in [5.41, 5.74) is 0. The molecule has 1 amide bonds. The van der Waals surface area contributed by atoms with Gasteiger partial charge in [0.2, 0.25) is 5.91 Å². The van der Waals surface area contributed by atoms with Crippen LogP contribution >= 0.6 is 11.8 Å². The molecule has 2 rings (SSSR count). The van der Waals surface area contributed by atoms with E-state index in [0.29, 0.717) is 31.7 Å². The highest BCUT2D eigenvalue weighted by molar-refractivity contribution is 7.99. The van der Waals surface area contributed by atoms with Crippen molar-refractivity contribution in [1.29, 1.82) is 0 Å². The lowest BCUT2D eigenvalue weighted by Crippen LogP contribution is -2.34. The number of carboxylic acids is 1. The van der Waals surface area contributed by atoms with Gasteiger partial charge in [-0.25, -0.2) is 4.79 Å². The lowest BCUT2D eigenvalue weighted by Gasteiger charge is -2.21. The number of carboxylic acid groups (broad SMARTS) is 1. The molecule has 2 unspecified atom stereocenters. The molecule has 0 aliphatic carbocycles. The normalized spacial score (nSPS) is 28.2. The second-order valence-corrected chi connectivity index (χ2v) is 6.45. The van der Waals surface area contributed by atoms with E-state index in [2.05, 4.69) is 5.32 Å². The van der Waals surface area contributed by atoms with Crippen LogP contribution in [0.15, 0.2) is 0 Å². The third kappa shape index (κ3) is 4.69. The van der Waals surface area contributed by atoms with E-state index in [1.54, 1.807) is 0 Å². The highest BCUT2D eigenvalue weighted by atomic mass is 32.2. The molecule has 19 heavy (non-hydrogen) atoms. The topological polar surface area (TPSA) is 75.6 Å². The minimum absolute atomic E-state index is 0.0688. The Morgan fingerprint density at radius 3 is 2.58 bits per heavy atom. The van der Waals surface area contributed by atoms with Crippen molar-refractivity contribution in [3.63, 3.8) is 0 Å². The summed E-state index contributed by atoms with van der Waals surface area (Å²) in [5, 5.41) is 11.7. The van der Waals surface area contributed by atoms with Crippen LogP contribution in [0.2, 0.25) is 0 Å². The molecule has 5 nitrogen and oxygen atoms in total. The maximum absolute atomic E-state index is 11.8. The molecular formula is C13H21NO4S. The molecular weight excluding hydrogens is 266 g/mol. The van der Waals surface area contributed by atoms with Crippen molar-refractivity contribution >= 4 is 23.6 Å². The lowest BCUT2D eigenvalue weighted by molar-refractivity contribution is -0.149. The van der Waals surface area contributed by atoms with E-state index in [-0.39, 0.29) is 12.0 Å². The number of thioether (sulfide) groups is 1. The van der Waals surface area contributed by atoms with Crippen molar-refractivity contribution in [1.82, 2.24) is 5.32 Å². The number of aliphatic carboxylic acids is 1. The number of amides is 1. The maximum Gasteiger partial charge on any atom is 0.332 e. The van der Waals surface area contributed by atoms with Gasteiger partial charge in [-0.1, -0.05) is 0 Å². The summed E-state index contributed by atoms with van der Waals surface area (Å²) in [6.45, 7) is 0.435. The summed E-state index contributed by atoms with van der Waals surface area (Å²) in [4.78, 5) is 22.5. The number of carbonyl (C=O) groups excluding carboxylic acids is 1. The predicted molar refractivity (Wildman–Crippen MR) is 73.2 cm³/mol. The van der Waals surface area contributed by atoms with Crippen molar-refractivity contribution in [2.24, 2.45) is 5.92 Å². The summed E-state index contributed by atoms with van der Waals surface area (Å²) < 4.78 is 5.35. The van der Waals surface area contributed by atoms with Crippen molar-refractivity contribution in [3.8, 4) is 0 Å². The van der Waals surface area contributed by atoms with Gasteiger partial charge in [-0.05, 0) is 43.1 Å². The van der Waals surface area contributed by atoms with E-state index < -0.39 is 12.1 Å². The third-order valence-electron chi connectivity index (χ3n) is 3.72. The van der Waals surface area contributed by atoms with E-state index >= 15 is 0 Å². The highest BCUT2D eigenvalue weighted by Gasteiger charge is 2.30. The fourth-order valence-corrected chi connectivity index (χ4v) is 3.75. The van der Waals surface area contributed by atoms with E-state index in [1.807, 2.05) is 11.8 Å². The second-order valence-electron chi connectivity index (χ2n) is 5.23. The quantitative estimate of drug-likeness (QED) is 0.796. The van der Waals surface area contributed by atoms with Gasteiger partial charge in [-0.15, -0.1) is 0 Å². The second kappa shape index (κ2) is 7.14. The van der Waals surface area contributed by atoms with Crippen LogP contribution in [0, 0.1) is 5.92 Å². The average Bonchev–Trinajstić information content (AvgIpc) is 2.86. The zero-order valence-electron chi connectivity index (χ0n) is 11.0. The summed E-state index contributed by atoms with van der Waals surface area (Å²) in [5.74, 6) is 1.99. The van der Waals surface area contributed by atoms with Gasteiger partial charge < -0.3 is 15.2 Å². The Hall–Kier alpha value is -0.750. The first kappa shape index (κ1) is 14.7. The molecule has 0 aromatic heterocycles. The number of carbonyl (C=O) groups is 2. The van der Waals surface area contributed by atoms with Crippen LogP contribution in [0.1, 0.15) is 32.1 Å². The number of nitrogens with one attached hydrogen (secondary N) is 1. The van der Waals surface area contributed by atoms with E-state index in [0.717, 1.165) is 24.3 Å². The van der Waals surface area contributed by atoms with Gasteiger partial charge in [-0.2, -0.15) is 11.8 Å². The fraction of sp³-hybridized carbons (Fsp3) is 0.846. The molecule has 2 aliphatic heterocycles. The Morgan fingerprint density at radius 1 is 1.21 bits per heavy atom. The largest absolute Gasteiger partial charge is 0.479 e. The first-order valence-electron chi connectivity index (χ1n) is 6.88. The average molecular weight is 287 g/mol. The van der Waals surface area contributed by atoms with Crippen molar-refractivity contribution in [2.75, 3.05) is 18.1 Å². The van der Waals surface area contributed by atoms with Gasteiger partial charge in [-0.3, -0.25) is 4.79 Å². The van der Waals surface area contributed by atoms with E-state index in [4.69, 9.17) is 9.84 Å². The minimum atomic E-state index is -0.909. The van der Waals surface area contributed by atoms with Crippen LogP contribution < -0.4 is 5.32 Å². The Bertz CT molecular complexity index is 331. The number of hydrogen-bond acceptors (Lipinski definition) is 4. The standard InChI is InChI=1S/C13H21NO4S/c15-12(7-9-3-5-19-6-4-9)14-8-10-1-2-11(18-10)13(16)17/h9-11H,1-8H2,(H,14,15)(H,16,17). The molecule has 0 bridgehead atoms. The summed E-state index contributed by atoms with van der Waals surface area (Å²) >= 11 is 1.96. The molecule has 2 N–H and O–H groups in total. The molecule has 0 saturated carbocycles. The Balaban J connectivity index is 1.62. The molecule has 0 aromatic carbocycles. The number of hydrogen-bond donors (Lipinski definition) is 2. The van der Waals surface area contributed by atoms with Crippen LogP contribution in [0.3, 0.4) is 0 Å². The van der Waals surface area contributed by atoms with Crippen molar-refractivity contribution in [3.05, 3.63) is 0 Å². The lowest BCUT2D eigenvalue weighted by atomic mass is 9.98. The van der Waals surface area contributed by atoms with Gasteiger partial charge in [0.05, 0.1) is 6.10 Å². The van der Waals surface area contributed by atoms with Gasteiger partial charge in [0.1, 0.15) is 0 Å². The van der Waals surface area contributed by atoms with Crippen LogP contribution in [-0.4, -0.2) is 47.2 Å². The molecule has 0 aromatic rings. The van der Waals surface area contributed by atoms with Gasteiger partial charge in [0.25, 0.3) is 0 Å². The van der Waals surface area contributed by atoms with Crippen LogP contribution in [0.25, 0.3) is 0 Å². The Morgan fingerprint density at radius 2 is 1.95 bits per heavy atom. The molecule has 2 heterocycles. The molecule has 6 heteroatoms.